The van der Waals surface area contributed by atoms with Crippen LogP contribution in [0.4, 0.5) is 0 Å². The van der Waals surface area contributed by atoms with E-state index in [-0.39, 0.29) is 59.8 Å². The topological polar surface area (TPSA) is 80.2 Å². The molecule has 1 aromatic carbocycles. The van der Waals surface area contributed by atoms with Gasteiger partial charge in [-0.25, -0.2) is 0 Å². The van der Waals surface area contributed by atoms with Gasteiger partial charge in [-0.2, -0.15) is 0 Å². The minimum absolute atomic E-state index is 0. The minimum Gasteiger partial charge on any atom is -0.870 e. The molecule has 1 rings (SSSR count). The van der Waals surface area contributed by atoms with Crippen LogP contribution >= 0.6 is 0 Å². The Balaban J connectivity index is -0.000000163. The fourth-order valence-electron chi connectivity index (χ4n) is 0.428. The Morgan fingerprint density at radius 3 is 1.50 bits per heavy atom. The SMILES string of the molecule is Oc1ccccc1.[Ba+2].[OH-].[OH-]. The summed E-state index contributed by atoms with van der Waals surface area (Å²) in [5.74, 6) is 0.322. The summed E-state index contributed by atoms with van der Waals surface area (Å²) in [4.78, 5) is 0. The van der Waals surface area contributed by atoms with Crippen molar-refractivity contribution in [1.29, 1.82) is 0 Å². The van der Waals surface area contributed by atoms with Crippen molar-refractivity contribution in [3.05, 3.63) is 30.3 Å². The van der Waals surface area contributed by atoms with Gasteiger partial charge in [-0.15, -0.1) is 0 Å². The number of hydrogen-bond donors (Lipinski definition) is 1. The van der Waals surface area contributed by atoms with Gasteiger partial charge in [0.05, 0.1) is 0 Å². The second-order valence-corrected chi connectivity index (χ2v) is 1.34. The molecule has 3 N–H and O–H groups in total. The quantitative estimate of drug-likeness (QED) is 0.700. The van der Waals surface area contributed by atoms with Gasteiger partial charge in [-0.1, -0.05) is 18.2 Å². The first-order valence-corrected chi connectivity index (χ1v) is 2.13. The molecule has 0 radical (unpaired) electrons. The molecule has 0 spiro atoms. The molecule has 0 aliphatic carbocycles. The van der Waals surface area contributed by atoms with Crippen molar-refractivity contribution < 1.29 is 16.1 Å². The smallest absolute Gasteiger partial charge is 0.870 e. The minimum atomic E-state index is 0. The summed E-state index contributed by atoms with van der Waals surface area (Å²) in [6, 6.07) is 8.71. The van der Waals surface area contributed by atoms with Crippen LogP contribution in [0, 0.1) is 0 Å². The molecule has 0 atom stereocenters. The molecule has 0 unspecified atom stereocenters. The van der Waals surface area contributed by atoms with Crippen molar-refractivity contribution in [3.8, 4) is 5.75 Å². The maximum Gasteiger partial charge on any atom is 2.00 e. The number of aromatic hydroxyl groups is 1. The molecule has 0 fully saturated rings. The third-order valence-electron chi connectivity index (χ3n) is 0.756. The number of phenolic OH excluding ortho intramolecular Hbond substituents is 1. The van der Waals surface area contributed by atoms with Crippen LogP contribution in [0.2, 0.25) is 0 Å². The van der Waals surface area contributed by atoms with Crippen LogP contribution in [0.1, 0.15) is 0 Å². The van der Waals surface area contributed by atoms with E-state index < -0.39 is 0 Å². The van der Waals surface area contributed by atoms with Crippen LogP contribution in [-0.2, 0) is 0 Å². The summed E-state index contributed by atoms with van der Waals surface area (Å²) in [6.45, 7) is 0. The Bertz CT molecular complexity index is 143. The number of para-hydroxylation sites is 1. The maximum absolute atomic E-state index is 8.63. The summed E-state index contributed by atoms with van der Waals surface area (Å²) in [6.07, 6.45) is 0. The van der Waals surface area contributed by atoms with E-state index >= 15 is 0 Å². The summed E-state index contributed by atoms with van der Waals surface area (Å²) in [7, 11) is 0. The molecule has 52 valence electrons. The molecular weight excluding hydrogens is 257 g/mol. The molecule has 3 nitrogen and oxygen atoms in total. The predicted molar refractivity (Wildman–Crippen MR) is 37.7 cm³/mol. The van der Waals surface area contributed by atoms with Crippen molar-refractivity contribution in [2.45, 2.75) is 0 Å². The normalized spacial score (nSPS) is 6.00. The zero-order chi connectivity index (χ0) is 5.11. The molecule has 0 heterocycles. The second-order valence-electron chi connectivity index (χ2n) is 1.34. The Hall–Kier alpha value is 0.511. The van der Waals surface area contributed by atoms with Crippen LogP contribution < -0.4 is 0 Å². The largest absolute Gasteiger partial charge is 2.00 e. The van der Waals surface area contributed by atoms with Gasteiger partial charge >= 0.3 is 48.9 Å². The molecule has 0 saturated carbocycles. The van der Waals surface area contributed by atoms with E-state index in [1.54, 1.807) is 24.3 Å². The maximum atomic E-state index is 8.63. The van der Waals surface area contributed by atoms with Gasteiger partial charge in [-0.05, 0) is 12.1 Å². The van der Waals surface area contributed by atoms with E-state index in [2.05, 4.69) is 0 Å². The van der Waals surface area contributed by atoms with Crippen molar-refractivity contribution in [2.24, 2.45) is 0 Å². The first-order chi connectivity index (χ1) is 3.39. The van der Waals surface area contributed by atoms with Gasteiger partial charge in [0.2, 0.25) is 0 Å². The van der Waals surface area contributed by atoms with E-state index in [0.29, 0.717) is 5.75 Å². The number of hydrogen-bond acceptors (Lipinski definition) is 3. The Morgan fingerprint density at radius 2 is 1.30 bits per heavy atom. The molecular formula is C6H8BaO3. The first kappa shape index (κ1) is 16.9. The van der Waals surface area contributed by atoms with Gasteiger partial charge < -0.3 is 16.1 Å². The Labute approximate surface area is 99.8 Å². The average molecular weight is 265 g/mol. The first-order valence-electron chi connectivity index (χ1n) is 2.13. The van der Waals surface area contributed by atoms with Crippen molar-refractivity contribution in [3.63, 3.8) is 0 Å². The number of rotatable bonds is 0. The molecule has 1 aromatic rings. The predicted octanol–water partition coefficient (Wildman–Crippen LogP) is 0.658. The van der Waals surface area contributed by atoms with Gasteiger partial charge in [-0.3, -0.25) is 0 Å². The molecule has 0 aromatic heterocycles. The molecule has 0 amide bonds. The van der Waals surface area contributed by atoms with E-state index in [1.165, 1.54) is 0 Å². The Kier molecular flexibility index (Phi) is 16.0. The number of benzene rings is 1. The van der Waals surface area contributed by atoms with Gasteiger partial charge in [0, 0.05) is 0 Å². The van der Waals surface area contributed by atoms with Gasteiger partial charge in [0.1, 0.15) is 5.75 Å². The van der Waals surface area contributed by atoms with Crippen LogP contribution in [-0.4, -0.2) is 64.9 Å². The van der Waals surface area contributed by atoms with Crippen LogP contribution in [0.3, 0.4) is 0 Å². The molecule has 0 saturated heterocycles. The van der Waals surface area contributed by atoms with Gasteiger partial charge in [0.25, 0.3) is 0 Å². The molecule has 0 aliphatic heterocycles. The number of phenols is 1. The van der Waals surface area contributed by atoms with Crippen molar-refractivity contribution in [1.82, 2.24) is 0 Å². The second kappa shape index (κ2) is 9.51. The van der Waals surface area contributed by atoms with Crippen molar-refractivity contribution in [2.75, 3.05) is 0 Å². The van der Waals surface area contributed by atoms with Crippen LogP contribution in [0.25, 0.3) is 0 Å². The van der Waals surface area contributed by atoms with Crippen LogP contribution in [0.15, 0.2) is 30.3 Å². The molecule has 0 bridgehead atoms. The zero-order valence-electron chi connectivity index (χ0n) is 5.44. The summed E-state index contributed by atoms with van der Waals surface area (Å²) in [5.41, 5.74) is 0. The van der Waals surface area contributed by atoms with E-state index in [9.17, 15) is 0 Å². The zero-order valence-corrected chi connectivity index (χ0v) is 9.88. The third-order valence-corrected chi connectivity index (χ3v) is 0.756. The summed E-state index contributed by atoms with van der Waals surface area (Å²) >= 11 is 0. The summed E-state index contributed by atoms with van der Waals surface area (Å²) in [5, 5.41) is 8.63. The molecule has 0 aliphatic rings. The van der Waals surface area contributed by atoms with Gasteiger partial charge in [0.15, 0.2) is 0 Å². The van der Waals surface area contributed by atoms with E-state index in [0.717, 1.165) is 0 Å². The fourth-order valence-corrected chi connectivity index (χ4v) is 0.428. The standard InChI is InChI=1S/C6H6O.Ba.2H2O/c7-6-4-2-1-3-5-6;;;/h1-5,7H;;2*1H2/q;+2;;/p-2. The van der Waals surface area contributed by atoms with E-state index in [4.69, 9.17) is 5.11 Å². The summed E-state index contributed by atoms with van der Waals surface area (Å²) < 4.78 is 0. The monoisotopic (exact) mass is 266 g/mol. The van der Waals surface area contributed by atoms with Crippen molar-refractivity contribution >= 4 is 48.9 Å². The molecule has 4 heteroatoms. The Morgan fingerprint density at radius 1 is 0.900 bits per heavy atom. The fraction of sp³-hybridized carbons (Fsp3) is 0. The molecule has 10 heavy (non-hydrogen) atoms. The third kappa shape index (κ3) is 6.63. The van der Waals surface area contributed by atoms with E-state index in [1.807, 2.05) is 6.07 Å². The van der Waals surface area contributed by atoms with Crippen LogP contribution in [0.5, 0.6) is 5.75 Å². The average Bonchev–Trinajstić information content (AvgIpc) is 1.69.